The second-order valence-electron chi connectivity index (χ2n) is 4.84. The maximum absolute atomic E-state index is 11.8. The molecule has 19 heavy (non-hydrogen) atoms. The second-order valence-corrected chi connectivity index (χ2v) is 4.84. The molecule has 0 radical (unpaired) electrons. The fourth-order valence-corrected chi connectivity index (χ4v) is 1.72. The zero-order valence-electron chi connectivity index (χ0n) is 11.9. The monoisotopic (exact) mass is 265 g/mol. The minimum absolute atomic E-state index is 0.316. The van der Waals surface area contributed by atoms with Crippen LogP contribution in [0.3, 0.4) is 0 Å². The minimum Gasteiger partial charge on any atom is -0.462 e. The Morgan fingerprint density at radius 3 is 2.89 bits per heavy atom. The lowest BCUT2D eigenvalue weighted by Crippen LogP contribution is -2.12. The number of ether oxygens (including phenoxy) is 1. The van der Waals surface area contributed by atoms with Crippen molar-refractivity contribution in [3.63, 3.8) is 0 Å². The molecule has 0 saturated carbocycles. The van der Waals surface area contributed by atoms with Gasteiger partial charge in [-0.25, -0.2) is 9.78 Å². The van der Waals surface area contributed by atoms with E-state index in [1.807, 2.05) is 0 Å². The van der Waals surface area contributed by atoms with Gasteiger partial charge in [0, 0.05) is 6.54 Å². The van der Waals surface area contributed by atoms with Crippen LogP contribution in [0, 0.1) is 5.92 Å². The molecule has 0 aromatic carbocycles. The highest BCUT2D eigenvalue weighted by Gasteiger charge is 2.13. The minimum atomic E-state index is -0.372. The van der Waals surface area contributed by atoms with Crippen molar-refractivity contribution in [3.8, 4) is 0 Å². The maximum Gasteiger partial charge on any atom is 0.340 e. The number of esters is 1. The van der Waals surface area contributed by atoms with Crippen molar-refractivity contribution in [1.82, 2.24) is 4.98 Å². The van der Waals surface area contributed by atoms with Gasteiger partial charge in [-0.3, -0.25) is 0 Å². The number of nitrogens with two attached hydrogens (primary N) is 1. The van der Waals surface area contributed by atoms with Gasteiger partial charge in [-0.2, -0.15) is 0 Å². The average molecular weight is 265 g/mol. The van der Waals surface area contributed by atoms with E-state index in [2.05, 4.69) is 24.1 Å². The zero-order chi connectivity index (χ0) is 14.3. The first-order valence-electron chi connectivity index (χ1n) is 6.71. The molecule has 1 rings (SSSR count). The molecule has 1 aromatic heterocycles. The second kappa shape index (κ2) is 7.61. The van der Waals surface area contributed by atoms with Gasteiger partial charge in [0.2, 0.25) is 0 Å². The molecule has 0 atom stereocenters. The van der Waals surface area contributed by atoms with E-state index in [-0.39, 0.29) is 5.97 Å². The molecule has 3 N–H and O–H groups in total. The summed E-state index contributed by atoms with van der Waals surface area (Å²) in [5.74, 6) is 0.620. The number of nitrogens with zero attached hydrogens (tertiary/aromatic N) is 1. The molecule has 0 aliphatic carbocycles. The summed E-state index contributed by atoms with van der Waals surface area (Å²) in [4.78, 5) is 15.8. The smallest absolute Gasteiger partial charge is 0.340 e. The Morgan fingerprint density at radius 2 is 2.26 bits per heavy atom. The average Bonchev–Trinajstić information content (AvgIpc) is 2.36. The summed E-state index contributed by atoms with van der Waals surface area (Å²) in [6.07, 6.45) is 3.77. The highest BCUT2D eigenvalue weighted by atomic mass is 16.5. The van der Waals surface area contributed by atoms with Crippen molar-refractivity contribution < 1.29 is 9.53 Å². The molecule has 0 fully saturated rings. The lowest BCUT2D eigenvalue weighted by molar-refractivity contribution is 0.0527. The van der Waals surface area contributed by atoms with Gasteiger partial charge < -0.3 is 15.8 Å². The standard InChI is InChI=1S/C14H23N3O2/c1-4-19-14(18)11-8-13(15)17-9-12(11)16-7-5-6-10(2)3/h8-10,16H,4-7H2,1-3H3,(H2,15,17). The highest BCUT2D eigenvalue weighted by molar-refractivity contribution is 5.96. The molecule has 0 aliphatic rings. The van der Waals surface area contributed by atoms with Crippen LogP contribution in [0.15, 0.2) is 12.3 Å². The quantitative estimate of drug-likeness (QED) is 0.585. The molecule has 0 unspecified atom stereocenters. The van der Waals surface area contributed by atoms with Crippen molar-refractivity contribution in [2.45, 2.75) is 33.6 Å². The summed E-state index contributed by atoms with van der Waals surface area (Å²) in [7, 11) is 0. The summed E-state index contributed by atoms with van der Waals surface area (Å²) in [5, 5.41) is 3.22. The van der Waals surface area contributed by atoms with Crippen LogP contribution in [0.4, 0.5) is 11.5 Å². The van der Waals surface area contributed by atoms with Crippen LogP contribution in [0.1, 0.15) is 44.0 Å². The SMILES string of the molecule is CCOC(=O)c1cc(N)ncc1NCCCC(C)C. The molecule has 0 saturated heterocycles. The number of carbonyl (C=O) groups excluding carboxylic acids is 1. The molecule has 5 nitrogen and oxygen atoms in total. The van der Waals surface area contributed by atoms with E-state index >= 15 is 0 Å². The molecular weight excluding hydrogens is 242 g/mol. The summed E-state index contributed by atoms with van der Waals surface area (Å²) in [6.45, 7) is 7.30. The van der Waals surface area contributed by atoms with Crippen molar-refractivity contribution in [3.05, 3.63) is 17.8 Å². The van der Waals surface area contributed by atoms with Crippen LogP contribution in [0.25, 0.3) is 0 Å². The Labute approximate surface area is 114 Å². The van der Waals surface area contributed by atoms with E-state index < -0.39 is 0 Å². The van der Waals surface area contributed by atoms with Gasteiger partial charge >= 0.3 is 5.97 Å². The van der Waals surface area contributed by atoms with Crippen LogP contribution in [-0.2, 0) is 4.74 Å². The third-order valence-electron chi connectivity index (χ3n) is 2.69. The summed E-state index contributed by atoms with van der Waals surface area (Å²) < 4.78 is 5.01. The van der Waals surface area contributed by atoms with Gasteiger partial charge in [0.05, 0.1) is 24.1 Å². The lowest BCUT2D eigenvalue weighted by atomic mass is 10.1. The largest absolute Gasteiger partial charge is 0.462 e. The van der Waals surface area contributed by atoms with Crippen molar-refractivity contribution >= 4 is 17.5 Å². The van der Waals surface area contributed by atoms with E-state index in [4.69, 9.17) is 10.5 Å². The molecule has 5 heteroatoms. The van der Waals surface area contributed by atoms with Crippen LogP contribution in [-0.4, -0.2) is 24.1 Å². The predicted octanol–water partition coefficient (Wildman–Crippen LogP) is 2.69. The van der Waals surface area contributed by atoms with E-state index in [0.29, 0.717) is 29.6 Å². The molecule has 1 aromatic rings. The zero-order valence-corrected chi connectivity index (χ0v) is 11.9. The first-order chi connectivity index (χ1) is 9.04. The van der Waals surface area contributed by atoms with Crippen LogP contribution in [0.2, 0.25) is 0 Å². The van der Waals surface area contributed by atoms with E-state index in [1.165, 1.54) is 0 Å². The third-order valence-corrected chi connectivity index (χ3v) is 2.69. The Morgan fingerprint density at radius 1 is 1.53 bits per heavy atom. The van der Waals surface area contributed by atoms with Crippen LogP contribution >= 0.6 is 0 Å². The molecule has 0 spiro atoms. The maximum atomic E-state index is 11.8. The number of anilines is 2. The van der Waals surface area contributed by atoms with Gasteiger partial charge in [0.15, 0.2) is 0 Å². The Bertz CT molecular complexity index is 419. The Hall–Kier alpha value is -1.78. The number of hydrogen-bond donors (Lipinski definition) is 2. The number of aromatic nitrogens is 1. The Balaban J connectivity index is 2.68. The highest BCUT2D eigenvalue weighted by Crippen LogP contribution is 2.18. The summed E-state index contributed by atoms with van der Waals surface area (Å²) in [5.41, 5.74) is 6.73. The normalized spacial score (nSPS) is 10.5. The van der Waals surface area contributed by atoms with Gasteiger partial charge in [-0.05, 0) is 31.7 Å². The van der Waals surface area contributed by atoms with Gasteiger partial charge in [0.25, 0.3) is 0 Å². The number of pyridine rings is 1. The summed E-state index contributed by atoms with van der Waals surface area (Å²) in [6, 6.07) is 1.54. The number of nitrogen functional groups attached to an aromatic ring is 1. The molecule has 1 heterocycles. The lowest BCUT2D eigenvalue weighted by Gasteiger charge is -2.12. The summed E-state index contributed by atoms with van der Waals surface area (Å²) >= 11 is 0. The first-order valence-corrected chi connectivity index (χ1v) is 6.71. The topological polar surface area (TPSA) is 77.2 Å². The fourth-order valence-electron chi connectivity index (χ4n) is 1.72. The van der Waals surface area contributed by atoms with Crippen molar-refractivity contribution in [2.24, 2.45) is 5.92 Å². The van der Waals surface area contributed by atoms with Gasteiger partial charge in [0.1, 0.15) is 5.82 Å². The molecule has 0 amide bonds. The molecular formula is C14H23N3O2. The van der Waals surface area contributed by atoms with E-state index in [0.717, 1.165) is 19.4 Å². The van der Waals surface area contributed by atoms with Crippen LogP contribution < -0.4 is 11.1 Å². The molecule has 0 bridgehead atoms. The fraction of sp³-hybridized carbons (Fsp3) is 0.571. The van der Waals surface area contributed by atoms with E-state index in [9.17, 15) is 4.79 Å². The number of carbonyl (C=O) groups is 1. The molecule has 106 valence electrons. The van der Waals surface area contributed by atoms with Gasteiger partial charge in [-0.1, -0.05) is 13.8 Å². The Kier molecular flexibility index (Phi) is 6.12. The first kappa shape index (κ1) is 15.3. The predicted molar refractivity (Wildman–Crippen MR) is 77.2 cm³/mol. The van der Waals surface area contributed by atoms with Crippen molar-refractivity contribution in [1.29, 1.82) is 0 Å². The number of nitrogens with one attached hydrogen (secondary N) is 1. The number of rotatable bonds is 7. The van der Waals surface area contributed by atoms with Crippen LogP contribution in [0.5, 0.6) is 0 Å². The third kappa shape index (κ3) is 5.16. The van der Waals surface area contributed by atoms with E-state index in [1.54, 1.807) is 19.2 Å². The van der Waals surface area contributed by atoms with Gasteiger partial charge in [-0.15, -0.1) is 0 Å². The molecule has 0 aliphatic heterocycles. The van der Waals surface area contributed by atoms with Crippen molar-refractivity contribution in [2.75, 3.05) is 24.2 Å². The number of hydrogen-bond acceptors (Lipinski definition) is 5.